The highest BCUT2D eigenvalue weighted by Gasteiger charge is 2.16. The summed E-state index contributed by atoms with van der Waals surface area (Å²) in [5.74, 6) is 1.65. The minimum absolute atomic E-state index is 0. The van der Waals surface area contributed by atoms with Crippen LogP contribution in [-0.2, 0) is 4.79 Å². The van der Waals surface area contributed by atoms with E-state index in [1.54, 1.807) is 0 Å². The minimum Gasteiger partial charge on any atom is -0.489 e. The molecule has 2 unspecified atom stereocenters. The summed E-state index contributed by atoms with van der Waals surface area (Å²) in [5.41, 5.74) is 1.17. The molecule has 4 nitrogen and oxygen atoms in total. The molecule has 124 valence electrons. The Balaban J connectivity index is 0.00000242. The Morgan fingerprint density at radius 3 is 3.00 bits per heavy atom. The van der Waals surface area contributed by atoms with Gasteiger partial charge in [0.25, 0.3) is 0 Å². The van der Waals surface area contributed by atoms with Crippen molar-refractivity contribution in [2.24, 2.45) is 5.92 Å². The standard InChI is InChI=1S/C17H26N2O2.ClH/c1-13-4-3-5-16(10-13)21-14(2)11-19-17(20)7-6-15-8-9-18-12-15;/h3-5,10,14-15,18H,6-9,11-12H2,1-2H3,(H,19,20);1H. The van der Waals surface area contributed by atoms with Crippen LogP contribution in [0, 0.1) is 12.8 Å². The fraction of sp³-hybridized carbons (Fsp3) is 0.588. The number of hydrogen-bond donors (Lipinski definition) is 2. The molecule has 1 aliphatic rings. The van der Waals surface area contributed by atoms with Crippen LogP contribution in [0.25, 0.3) is 0 Å². The lowest BCUT2D eigenvalue weighted by Crippen LogP contribution is -2.33. The van der Waals surface area contributed by atoms with Gasteiger partial charge in [-0.1, -0.05) is 12.1 Å². The van der Waals surface area contributed by atoms with Gasteiger partial charge in [0, 0.05) is 6.42 Å². The number of hydrogen-bond acceptors (Lipinski definition) is 3. The zero-order valence-corrected chi connectivity index (χ0v) is 14.2. The highest BCUT2D eigenvalue weighted by Crippen LogP contribution is 2.15. The van der Waals surface area contributed by atoms with Crippen molar-refractivity contribution in [1.82, 2.24) is 10.6 Å². The Morgan fingerprint density at radius 1 is 1.50 bits per heavy atom. The third-order valence-electron chi connectivity index (χ3n) is 3.86. The topological polar surface area (TPSA) is 50.4 Å². The maximum atomic E-state index is 11.8. The monoisotopic (exact) mass is 326 g/mol. The number of nitrogens with one attached hydrogen (secondary N) is 2. The largest absolute Gasteiger partial charge is 0.489 e. The number of carbonyl (C=O) groups is 1. The highest BCUT2D eigenvalue weighted by atomic mass is 35.5. The molecular weight excluding hydrogens is 300 g/mol. The van der Waals surface area contributed by atoms with Crippen molar-refractivity contribution in [2.45, 2.75) is 39.2 Å². The summed E-state index contributed by atoms with van der Waals surface area (Å²) in [6.45, 7) is 6.71. The summed E-state index contributed by atoms with van der Waals surface area (Å²) in [5, 5.41) is 6.28. The van der Waals surface area contributed by atoms with Crippen LogP contribution in [0.5, 0.6) is 5.75 Å². The van der Waals surface area contributed by atoms with Crippen molar-refractivity contribution in [2.75, 3.05) is 19.6 Å². The predicted octanol–water partition coefficient (Wildman–Crippen LogP) is 2.69. The van der Waals surface area contributed by atoms with E-state index in [-0.39, 0.29) is 24.4 Å². The summed E-state index contributed by atoms with van der Waals surface area (Å²) < 4.78 is 5.80. The first-order chi connectivity index (χ1) is 10.1. The molecule has 1 fully saturated rings. The molecule has 0 bridgehead atoms. The van der Waals surface area contributed by atoms with E-state index in [1.807, 2.05) is 38.1 Å². The van der Waals surface area contributed by atoms with Gasteiger partial charge in [0.15, 0.2) is 0 Å². The molecule has 2 rings (SSSR count). The van der Waals surface area contributed by atoms with Crippen molar-refractivity contribution in [3.63, 3.8) is 0 Å². The summed E-state index contributed by atoms with van der Waals surface area (Å²) >= 11 is 0. The number of rotatable bonds is 7. The van der Waals surface area contributed by atoms with Gasteiger partial charge in [-0.3, -0.25) is 4.79 Å². The first-order valence-corrected chi connectivity index (χ1v) is 7.84. The van der Waals surface area contributed by atoms with Crippen molar-refractivity contribution < 1.29 is 9.53 Å². The average Bonchev–Trinajstić information content (AvgIpc) is 2.96. The van der Waals surface area contributed by atoms with Crippen LogP contribution >= 0.6 is 12.4 Å². The molecule has 1 amide bonds. The summed E-state index contributed by atoms with van der Waals surface area (Å²) in [4.78, 5) is 11.8. The molecule has 22 heavy (non-hydrogen) atoms. The van der Waals surface area contributed by atoms with Crippen molar-refractivity contribution in [3.05, 3.63) is 29.8 Å². The van der Waals surface area contributed by atoms with Gasteiger partial charge < -0.3 is 15.4 Å². The second-order valence-corrected chi connectivity index (χ2v) is 5.95. The van der Waals surface area contributed by atoms with Gasteiger partial charge >= 0.3 is 0 Å². The lowest BCUT2D eigenvalue weighted by Gasteiger charge is -2.16. The van der Waals surface area contributed by atoms with Gasteiger partial charge in [-0.15, -0.1) is 12.4 Å². The smallest absolute Gasteiger partial charge is 0.220 e. The zero-order chi connectivity index (χ0) is 15.1. The predicted molar refractivity (Wildman–Crippen MR) is 91.7 cm³/mol. The van der Waals surface area contributed by atoms with Crippen molar-refractivity contribution >= 4 is 18.3 Å². The van der Waals surface area contributed by atoms with E-state index < -0.39 is 0 Å². The van der Waals surface area contributed by atoms with E-state index in [2.05, 4.69) is 10.6 Å². The van der Waals surface area contributed by atoms with E-state index in [1.165, 1.54) is 12.0 Å². The Bertz CT molecular complexity index is 462. The van der Waals surface area contributed by atoms with Crippen LogP contribution < -0.4 is 15.4 Å². The van der Waals surface area contributed by atoms with E-state index in [0.717, 1.165) is 25.3 Å². The van der Waals surface area contributed by atoms with Gasteiger partial charge in [-0.2, -0.15) is 0 Å². The molecule has 2 N–H and O–H groups in total. The van der Waals surface area contributed by atoms with Gasteiger partial charge in [0.05, 0.1) is 6.54 Å². The van der Waals surface area contributed by atoms with Gasteiger partial charge in [-0.25, -0.2) is 0 Å². The number of benzene rings is 1. The molecule has 2 atom stereocenters. The molecule has 0 aromatic heterocycles. The lowest BCUT2D eigenvalue weighted by atomic mass is 10.0. The van der Waals surface area contributed by atoms with Gasteiger partial charge in [-0.05, 0) is 63.4 Å². The molecule has 1 aromatic carbocycles. The maximum Gasteiger partial charge on any atom is 0.220 e. The SMILES string of the molecule is Cc1cccc(OC(C)CNC(=O)CCC2CCNC2)c1.Cl. The Labute approximate surface area is 139 Å². The van der Waals surface area contributed by atoms with E-state index in [0.29, 0.717) is 18.9 Å². The quantitative estimate of drug-likeness (QED) is 0.810. The Morgan fingerprint density at radius 2 is 2.32 bits per heavy atom. The summed E-state index contributed by atoms with van der Waals surface area (Å²) in [6, 6.07) is 7.96. The lowest BCUT2D eigenvalue weighted by molar-refractivity contribution is -0.121. The molecule has 5 heteroatoms. The Hall–Kier alpha value is -1.26. The second kappa shape index (κ2) is 9.70. The van der Waals surface area contributed by atoms with Crippen LogP contribution in [0.3, 0.4) is 0 Å². The van der Waals surface area contributed by atoms with Crippen LogP contribution in [0.2, 0.25) is 0 Å². The van der Waals surface area contributed by atoms with E-state index in [4.69, 9.17) is 4.74 Å². The normalized spacial score (nSPS) is 18.4. The molecular formula is C17H27ClN2O2. The number of carbonyl (C=O) groups excluding carboxylic acids is 1. The maximum absolute atomic E-state index is 11.8. The molecule has 1 aromatic rings. The highest BCUT2D eigenvalue weighted by molar-refractivity contribution is 5.85. The van der Waals surface area contributed by atoms with Crippen LogP contribution in [0.1, 0.15) is 31.7 Å². The van der Waals surface area contributed by atoms with Crippen molar-refractivity contribution in [1.29, 1.82) is 0 Å². The minimum atomic E-state index is -0.0242. The molecule has 0 saturated carbocycles. The molecule has 0 spiro atoms. The zero-order valence-electron chi connectivity index (χ0n) is 13.4. The first-order valence-electron chi connectivity index (χ1n) is 7.84. The third kappa shape index (κ3) is 6.67. The molecule has 1 saturated heterocycles. The number of amides is 1. The summed E-state index contributed by atoms with van der Waals surface area (Å²) in [6.07, 6.45) is 2.76. The number of ether oxygens (including phenoxy) is 1. The molecule has 0 aliphatic carbocycles. The average molecular weight is 327 g/mol. The Kier molecular flexibility index (Phi) is 8.28. The first kappa shape index (κ1) is 18.8. The van der Waals surface area contributed by atoms with Gasteiger partial charge in [0.1, 0.15) is 11.9 Å². The number of halogens is 1. The van der Waals surface area contributed by atoms with Crippen LogP contribution in [0.4, 0.5) is 0 Å². The fourth-order valence-corrected chi connectivity index (χ4v) is 2.60. The van der Waals surface area contributed by atoms with E-state index >= 15 is 0 Å². The van der Waals surface area contributed by atoms with E-state index in [9.17, 15) is 4.79 Å². The van der Waals surface area contributed by atoms with Crippen LogP contribution in [0.15, 0.2) is 24.3 Å². The molecule has 1 aliphatic heterocycles. The molecule has 0 radical (unpaired) electrons. The summed E-state index contributed by atoms with van der Waals surface area (Å²) in [7, 11) is 0. The molecule has 1 heterocycles. The van der Waals surface area contributed by atoms with Gasteiger partial charge in [0.2, 0.25) is 5.91 Å². The number of aryl methyl sites for hydroxylation is 1. The van der Waals surface area contributed by atoms with Crippen LogP contribution in [-0.4, -0.2) is 31.6 Å². The third-order valence-corrected chi connectivity index (χ3v) is 3.86. The van der Waals surface area contributed by atoms with Crippen molar-refractivity contribution in [3.8, 4) is 5.75 Å². The fourth-order valence-electron chi connectivity index (χ4n) is 2.60. The second-order valence-electron chi connectivity index (χ2n) is 5.95.